The van der Waals surface area contributed by atoms with Gasteiger partial charge in [-0.15, -0.1) is 0 Å². The minimum absolute atomic E-state index is 0.0367. The Hall–Kier alpha value is -1.43. The van der Waals surface area contributed by atoms with E-state index >= 15 is 0 Å². The minimum Gasteiger partial charge on any atom is -0.466 e. The van der Waals surface area contributed by atoms with Gasteiger partial charge < -0.3 is 19.7 Å². The summed E-state index contributed by atoms with van der Waals surface area (Å²) >= 11 is 0. The number of fused-ring (bicyclic) bond motifs is 2. The topological polar surface area (TPSA) is 90.9 Å². The number of rotatable bonds is 1. The molecule has 0 saturated heterocycles. The second-order valence-corrected chi connectivity index (χ2v) is 8.33. The lowest BCUT2D eigenvalue weighted by Gasteiger charge is -2.42. The van der Waals surface area contributed by atoms with Gasteiger partial charge in [0.05, 0.1) is 24.0 Å². The fourth-order valence-electron chi connectivity index (χ4n) is 5.74. The normalized spacial score (nSPS) is 41.0. The predicted molar refractivity (Wildman–Crippen MR) is 90.9 cm³/mol. The SMILES string of the molecule is CC1=CC[C@@H](O)c2occc2C(=O)C[C@@]23C[C@@H](CC[C@@H]12)[C@@](O)(CO)C3. The van der Waals surface area contributed by atoms with Gasteiger partial charge in [-0.3, -0.25) is 4.79 Å². The molecule has 2 fully saturated rings. The Balaban J connectivity index is 1.79. The number of hydrogen-bond acceptors (Lipinski definition) is 5. The van der Waals surface area contributed by atoms with E-state index in [9.17, 15) is 20.1 Å². The van der Waals surface area contributed by atoms with Gasteiger partial charge in [-0.2, -0.15) is 0 Å². The van der Waals surface area contributed by atoms with Gasteiger partial charge in [0.25, 0.3) is 0 Å². The molecule has 0 unspecified atom stereocenters. The van der Waals surface area contributed by atoms with E-state index in [1.807, 2.05) is 0 Å². The molecule has 0 radical (unpaired) electrons. The maximum absolute atomic E-state index is 13.0. The molecule has 5 atom stereocenters. The minimum atomic E-state index is -1.09. The second-order valence-electron chi connectivity index (χ2n) is 8.33. The summed E-state index contributed by atoms with van der Waals surface area (Å²) < 4.78 is 5.39. The fraction of sp³-hybridized carbons (Fsp3) is 0.650. The number of allylic oxidation sites excluding steroid dienone is 1. The molecule has 2 saturated carbocycles. The number of hydrogen-bond donors (Lipinski definition) is 3. The van der Waals surface area contributed by atoms with E-state index in [0.29, 0.717) is 30.6 Å². The quantitative estimate of drug-likeness (QED) is 0.680. The third kappa shape index (κ3) is 2.52. The van der Waals surface area contributed by atoms with Gasteiger partial charge in [0, 0.05) is 6.42 Å². The Kier molecular flexibility index (Phi) is 3.94. The first-order chi connectivity index (χ1) is 11.9. The number of aliphatic hydroxyl groups excluding tert-OH is 2. The van der Waals surface area contributed by atoms with E-state index < -0.39 is 11.7 Å². The van der Waals surface area contributed by atoms with Crippen LogP contribution in [0, 0.1) is 17.3 Å². The van der Waals surface area contributed by atoms with E-state index in [2.05, 4.69) is 13.0 Å². The van der Waals surface area contributed by atoms with E-state index in [0.717, 1.165) is 19.3 Å². The van der Waals surface area contributed by atoms with Gasteiger partial charge in [-0.25, -0.2) is 0 Å². The summed E-state index contributed by atoms with van der Waals surface area (Å²) in [6.07, 6.45) is 6.43. The van der Waals surface area contributed by atoms with Crippen LogP contribution in [0.2, 0.25) is 0 Å². The molecule has 3 N–H and O–H groups in total. The van der Waals surface area contributed by atoms with Crippen LogP contribution in [0.25, 0.3) is 0 Å². The third-order valence-electron chi connectivity index (χ3n) is 6.91. The van der Waals surface area contributed by atoms with Crippen LogP contribution < -0.4 is 0 Å². The average Bonchev–Trinajstić information content (AvgIpc) is 3.15. The zero-order chi connectivity index (χ0) is 17.8. The van der Waals surface area contributed by atoms with Crippen molar-refractivity contribution in [1.29, 1.82) is 0 Å². The lowest BCUT2D eigenvalue weighted by atomic mass is 9.62. The monoisotopic (exact) mass is 346 g/mol. The Morgan fingerprint density at radius 3 is 2.92 bits per heavy atom. The molecule has 5 nitrogen and oxygen atoms in total. The lowest BCUT2D eigenvalue weighted by molar-refractivity contribution is -0.0471. The standard InChI is InChI=1S/C20H26O5/c1-12-2-5-16(22)18-14(6-7-25-18)17(23)9-19-8-13(3-4-15(12)19)20(24,10-19)11-21/h2,6-7,13,15-16,21-22,24H,3-5,8-11H2,1H3/t13-,15+,16-,19-,20+/m1/s1. The second kappa shape index (κ2) is 5.79. The zero-order valence-corrected chi connectivity index (χ0v) is 14.6. The molecule has 136 valence electrons. The van der Waals surface area contributed by atoms with Crippen molar-refractivity contribution in [3.8, 4) is 0 Å². The summed E-state index contributed by atoms with van der Waals surface area (Å²) in [6.45, 7) is 1.81. The molecule has 2 bridgehead atoms. The highest BCUT2D eigenvalue weighted by atomic mass is 16.4. The van der Waals surface area contributed by atoms with E-state index in [4.69, 9.17) is 4.42 Å². The van der Waals surface area contributed by atoms with Gasteiger partial charge in [-0.05, 0) is 62.3 Å². The summed E-state index contributed by atoms with van der Waals surface area (Å²) in [5.41, 5.74) is 0.213. The summed E-state index contributed by atoms with van der Waals surface area (Å²) in [5.74, 6) is 0.553. The summed E-state index contributed by atoms with van der Waals surface area (Å²) in [7, 11) is 0. The van der Waals surface area contributed by atoms with Crippen LogP contribution in [-0.2, 0) is 0 Å². The number of aliphatic hydroxyl groups is 3. The summed E-state index contributed by atoms with van der Waals surface area (Å²) in [5, 5.41) is 31.1. The first-order valence-electron chi connectivity index (χ1n) is 9.17. The molecule has 0 amide bonds. The van der Waals surface area contributed by atoms with E-state index in [1.165, 1.54) is 11.8 Å². The van der Waals surface area contributed by atoms with Gasteiger partial charge in [0.1, 0.15) is 11.9 Å². The van der Waals surface area contributed by atoms with Crippen LogP contribution in [0.5, 0.6) is 0 Å². The Morgan fingerprint density at radius 2 is 2.16 bits per heavy atom. The molecular formula is C20H26O5. The highest BCUT2D eigenvalue weighted by Gasteiger charge is 2.60. The van der Waals surface area contributed by atoms with Crippen molar-refractivity contribution < 1.29 is 24.5 Å². The lowest BCUT2D eigenvalue weighted by Crippen LogP contribution is -2.37. The number of Topliss-reactive ketones (excluding diaryl/α,β-unsaturated/α-hetero) is 1. The first kappa shape index (κ1) is 17.0. The van der Waals surface area contributed by atoms with Crippen molar-refractivity contribution in [2.45, 2.75) is 57.2 Å². The van der Waals surface area contributed by atoms with Crippen LogP contribution >= 0.6 is 0 Å². The molecule has 1 aromatic heterocycles. The van der Waals surface area contributed by atoms with Crippen LogP contribution in [0.15, 0.2) is 28.4 Å². The van der Waals surface area contributed by atoms with E-state index in [1.54, 1.807) is 6.07 Å². The largest absolute Gasteiger partial charge is 0.466 e. The molecule has 5 heteroatoms. The van der Waals surface area contributed by atoms with Crippen molar-refractivity contribution in [3.63, 3.8) is 0 Å². The maximum atomic E-state index is 13.0. The maximum Gasteiger partial charge on any atom is 0.167 e. The van der Waals surface area contributed by atoms with Crippen molar-refractivity contribution in [2.75, 3.05) is 6.61 Å². The molecule has 0 aliphatic heterocycles. The molecule has 3 aliphatic carbocycles. The Bertz CT molecular complexity index is 719. The smallest absolute Gasteiger partial charge is 0.167 e. The first-order valence-corrected chi connectivity index (χ1v) is 9.17. The average molecular weight is 346 g/mol. The van der Waals surface area contributed by atoms with Crippen LogP contribution in [0.3, 0.4) is 0 Å². The van der Waals surface area contributed by atoms with Crippen molar-refractivity contribution in [1.82, 2.24) is 0 Å². The molecule has 4 rings (SSSR count). The molecule has 25 heavy (non-hydrogen) atoms. The molecule has 3 aliphatic rings. The van der Waals surface area contributed by atoms with Crippen LogP contribution in [0.4, 0.5) is 0 Å². The molecule has 1 aromatic rings. The van der Waals surface area contributed by atoms with Crippen LogP contribution in [-0.4, -0.2) is 33.3 Å². The molecule has 0 aromatic carbocycles. The van der Waals surface area contributed by atoms with Gasteiger partial charge >= 0.3 is 0 Å². The zero-order valence-electron chi connectivity index (χ0n) is 14.6. The van der Waals surface area contributed by atoms with E-state index in [-0.39, 0.29) is 29.6 Å². The van der Waals surface area contributed by atoms with Crippen molar-refractivity contribution in [3.05, 3.63) is 35.3 Å². The van der Waals surface area contributed by atoms with Crippen LogP contribution in [0.1, 0.15) is 67.7 Å². The van der Waals surface area contributed by atoms with Gasteiger partial charge in [-0.1, -0.05) is 11.6 Å². The Labute approximate surface area is 147 Å². The number of carbonyl (C=O) groups excluding carboxylic acids is 1. The highest BCUT2D eigenvalue weighted by Crippen LogP contribution is 2.62. The predicted octanol–water partition coefficient (Wildman–Crippen LogP) is 2.77. The van der Waals surface area contributed by atoms with Gasteiger partial charge in [0.15, 0.2) is 5.78 Å². The highest BCUT2D eigenvalue weighted by molar-refractivity contribution is 5.97. The summed E-state index contributed by atoms with van der Waals surface area (Å²) in [6, 6.07) is 1.64. The fourth-order valence-corrected chi connectivity index (χ4v) is 5.74. The molecular weight excluding hydrogens is 320 g/mol. The number of furan rings is 1. The summed E-state index contributed by atoms with van der Waals surface area (Å²) in [4.78, 5) is 13.0. The molecule has 1 spiro atoms. The van der Waals surface area contributed by atoms with Crippen molar-refractivity contribution in [2.24, 2.45) is 17.3 Å². The Morgan fingerprint density at radius 1 is 1.36 bits per heavy atom. The number of ketones is 1. The molecule has 1 heterocycles. The number of carbonyl (C=O) groups is 1. The third-order valence-corrected chi connectivity index (χ3v) is 6.91. The van der Waals surface area contributed by atoms with Gasteiger partial charge in [0.2, 0.25) is 0 Å². The van der Waals surface area contributed by atoms with Crippen molar-refractivity contribution >= 4 is 5.78 Å².